The number of hydrogen-bond acceptors (Lipinski definition) is 5. The summed E-state index contributed by atoms with van der Waals surface area (Å²) in [5, 5.41) is 0. The highest BCUT2D eigenvalue weighted by Crippen LogP contribution is 2.60. The molecule has 3 fully saturated rings. The van der Waals surface area contributed by atoms with Crippen molar-refractivity contribution in [3.05, 3.63) is 54.1 Å². The van der Waals surface area contributed by atoms with Crippen molar-refractivity contribution in [2.75, 3.05) is 12.0 Å². The summed E-state index contributed by atoms with van der Waals surface area (Å²) in [5.41, 5.74) is 0.716. The Balaban J connectivity index is 1.40. The van der Waals surface area contributed by atoms with Crippen LogP contribution in [0.3, 0.4) is 0 Å². The highest BCUT2D eigenvalue weighted by molar-refractivity contribution is 9.12. The van der Waals surface area contributed by atoms with E-state index >= 15 is 0 Å². The number of rotatable bonds is 4. The summed E-state index contributed by atoms with van der Waals surface area (Å²) in [7, 11) is 1.48. The lowest BCUT2D eigenvalue weighted by atomic mass is 9.81. The zero-order chi connectivity index (χ0) is 21.9. The van der Waals surface area contributed by atoms with E-state index in [1.165, 1.54) is 12.0 Å². The number of ether oxygens (including phenoxy) is 2. The van der Waals surface area contributed by atoms with E-state index in [1.54, 1.807) is 48.5 Å². The standard InChI is InChI=1S/C23H19Br2NO5/c1-30-16-8-3-2-7-13(16)23(29)31-12-6-4-5-11(9-12)26-21(27)17-14-10-15(18(17)22(26)28)20(25)19(14)24/h2-9,14-15,17-20H,10H2,1H3/t14-,15+,17-,18+,19-,20+. The van der Waals surface area contributed by atoms with Gasteiger partial charge in [-0.05, 0) is 42.5 Å². The third-order valence-electron chi connectivity index (χ3n) is 6.60. The molecule has 2 aliphatic carbocycles. The summed E-state index contributed by atoms with van der Waals surface area (Å²) >= 11 is 7.39. The first-order chi connectivity index (χ1) is 14.9. The molecule has 5 rings (SSSR count). The molecule has 8 heteroatoms. The summed E-state index contributed by atoms with van der Waals surface area (Å²) < 4.78 is 10.7. The molecule has 6 nitrogen and oxygen atoms in total. The second-order valence-corrected chi connectivity index (χ2v) is 10.2. The minimum absolute atomic E-state index is 0.146. The first-order valence-corrected chi connectivity index (χ1v) is 11.9. The second-order valence-electron chi connectivity index (χ2n) is 8.10. The summed E-state index contributed by atoms with van der Waals surface area (Å²) in [6.07, 6.45) is 0.878. The largest absolute Gasteiger partial charge is 0.496 e. The van der Waals surface area contributed by atoms with Crippen molar-refractivity contribution in [2.45, 2.75) is 16.1 Å². The van der Waals surface area contributed by atoms with Crippen molar-refractivity contribution >= 4 is 55.3 Å². The molecule has 2 aromatic carbocycles. The maximum atomic E-state index is 13.2. The van der Waals surface area contributed by atoms with Crippen LogP contribution >= 0.6 is 31.9 Å². The van der Waals surface area contributed by atoms with Gasteiger partial charge in [-0.25, -0.2) is 9.69 Å². The first-order valence-electron chi connectivity index (χ1n) is 10.0. The molecule has 1 aliphatic heterocycles. The van der Waals surface area contributed by atoms with E-state index in [-0.39, 0.29) is 50.9 Å². The van der Waals surface area contributed by atoms with Gasteiger partial charge in [-0.2, -0.15) is 0 Å². The van der Waals surface area contributed by atoms with Crippen LogP contribution in [0.25, 0.3) is 0 Å². The van der Waals surface area contributed by atoms with Crippen LogP contribution in [0, 0.1) is 23.7 Å². The van der Waals surface area contributed by atoms with Gasteiger partial charge in [0.05, 0.1) is 24.6 Å². The summed E-state index contributed by atoms with van der Waals surface area (Å²) in [5.74, 6) is -0.547. The zero-order valence-electron chi connectivity index (χ0n) is 16.5. The van der Waals surface area contributed by atoms with Gasteiger partial charge in [0.1, 0.15) is 17.1 Å². The van der Waals surface area contributed by atoms with Gasteiger partial charge in [0.2, 0.25) is 11.8 Å². The van der Waals surface area contributed by atoms with Gasteiger partial charge < -0.3 is 9.47 Å². The molecule has 0 spiro atoms. The number of halogens is 2. The Morgan fingerprint density at radius 2 is 1.61 bits per heavy atom. The van der Waals surface area contributed by atoms with Gasteiger partial charge in [0.15, 0.2) is 0 Å². The summed E-state index contributed by atoms with van der Waals surface area (Å²) in [6, 6.07) is 13.3. The number of carbonyl (C=O) groups is 3. The molecule has 1 saturated heterocycles. The van der Waals surface area contributed by atoms with Crippen LogP contribution in [0.5, 0.6) is 11.5 Å². The van der Waals surface area contributed by atoms with Crippen LogP contribution in [-0.4, -0.2) is 34.5 Å². The number of alkyl halides is 2. The normalized spacial score (nSPS) is 31.1. The number of nitrogens with zero attached hydrogens (tertiary/aromatic N) is 1. The highest BCUT2D eigenvalue weighted by Gasteiger charge is 2.66. The highest BCUT2D eigenvalue weighted by atomic mass is 79.9. The average Bonchev–Trinajstić information content (AvgIpc) is 3.38. The number of fused-ring (bicyclic) bond motifs is 5. The summed E-state index contributed by atoms with van der Waals surface area (Å²) in [6.45, 7) is 0. The molecule has 2 bridgehead atoms. The van der Waals surface area contributed by atoms with E-state index in [2.05, 4.69) is 31.9 Å². The van der Waals surface area contributed by atoms with E-state index < -0.39 is 5.97 Å². The Labute approximate surface area is 196 Å². The number of hydrogen-bond donors (Lipinski definition) is 0. The fourth-order valence-electron chi connectivity index (χ4n) is 5.26. The SMILES string of the molecule is COc1ccccc1C(=O)Oc1cccc(N2C(=O)[C@@H]3[C@H]4C[C@H]([C@H](Br)[C@@H]4Br)[C@@H]3C2=O)c1. The molecule has 160 valence electrons. The van der Waals surface area contributed by atoms with Crippen molar-refractivity contribution in [1.29, 1.82) is 0 Å². The number of methoxy groups -OCH3 is 1. The Morgan fingerprint density at radius 1 is 0.968 bits per heavy atom. The molecule has 2 aromatic rings. The van der Waals surface area contributed by atoms with Crippen molar-refractivity contribution in [3.8, 4) is 11.5 Å². The lowest BCUT2D eigenvalue weighted by Gasteiger charge is -2.28. The van der Waals surface area contributed by atoms with E-state index in [0.717, 1.165) is 6.42 Å². The van der Waals surface area contributed by atoms with Gasteiger partial charge in [-0.15, -0.1) is 0 Å². The lowest BCUT2D eigenvalue weighted by Crippen LogP contribution is -2.37. The molecule has 2 saturated carbocycles. The topological polar surface area (TPSA) is 72.9 Å². The molecule has 3 aliphatic rings. The predicted molar refractivity (Wildman–Crippen MR) is 121 cm³/mol. The van der Waals surface area contributed by atoms with Crippen molar-refractivity contribution in [3.63, 3.8) is 0 Å². The number of benzene rings is 2. The predicted octanol–water partition coefficient (Wildman–Crippen LogP) is 4.20. The van der Waals surface area contributed by atoms with Gasteiger partial charge in [0, 0.05) is 15.7 Å². The molecular formula is C23H19Br2NO5. The smallest absolute Gasteiger partial charge is 0.347 e. The Bertz CT molecular complexity index is 1060. The van der Waals surface area contributed by atoms with E-state index in [1.807, 2.05) is 0 Å². The third kappa shape index (κ3) is 3.14. The summed E-state index contributed by atoms with van der Waals surface area (Å²) in [4.78, 5) is 40.7. The van der Waals surface area contributed by atoms with Crippen molar-refractivity contribution in [1.82, 2.24) is 0 Å². The van der Waals surface area contributed by atoms with Crippen LogP contribution < -0.4 is 14.4 Å². The van der Waals surface area contributed by atoms with E-state index in [4.69, 9.17) is 9.47 Å². The Morgan fingerprint density at radius 3 is 2.26 bits per heavy atom. The minimum atomic E-state index is -0.576. The van der Waals surface area contributed by atoms with Crippen LogP contribution in [0.15, 0.2) is 48.5 Å². The third-order valence-corrected chi connectivity index (χ3v) is 9.81. The molecule has 0 N–H and O–H groups in total. The van der Waals surface area contributed by atoms with E-state index in [0.29, 0.717) is 17.0 Å². The molecule has 0 radical (unpaired) electrons. The van der Waals surface area contributed by atoms with Crippen LogP contribution in [0.4, 0.5) is 5.69 Å². The van der Waals surface area contributed by atoms with Gasteiger partial charge >= 0.3 is 5.97 Å². The molecule has 6 atom stereocenters. The first kappa shape index (κ1) is 20.7. The fraction of sp³-hybridized carbons (Fsp3) is 0.348. The molecular weight excluding hydrogens is 530 g/mol. The average molecular weight is 549 g/mol. The molecule has 1 heterocycles. The monoisotopic (exact) mass is 547 g/mol. The zero-order valence-corrected chi connectivity index (χ0v) is 19.7. The number of amides is 2. The Kier molecular flexibility index (Phi) is 5.17. The number of anilines is 1. The molecule has 31 heavy (non-hydrogen) atoms. The number of para-hydroxylation sites is 1. The number of carbonyl (C=O) groups excluding carboxylic acids is 3. The maximum Gasteiger partial charge on any atom is 0.347 e. The Hall–Kier alpha value is -2.19. The number of imide groups is 1. The van der Waals surface area contributed by atoms with Gasteiger partial charge in [-0.3, -0.25) is 9.59 Å². The molecule has 0 unspecified atom stereocenters. The van der Waals surface area contributed by atoms with E-state index in [9.17, 15) is 14.4 Å². The van der Waals surface area contributed by atoms with Gasteiger partial charge in [0.25, 0.3) is 0 Å². The molecule has 2 amide bonds. The lowest BCUT2D eigenvalue weighted by molar-refractivity contribution is -0.123. The second kappa shape index (κ2) is 7.74. The van der Waals surface area contributed by atoms with Crippen LogP contribution in [-0.2, 0) is 9.59 Å². The van der Waals surface area contributed by atoms with Crippen LogP contribution in [0.1, 0.15) is 16.8 Å². The van der Waals surface area contributed by atoms with Crippen molar-refractivity contribution in [2.24, 2.45) is 23.7 Å². The quantitative estimate of drug-likeness (QED) is 0.248. The van der Waals surface area contributed by atoms with Crippen LogP contribution in [0.2, 0.25) is 0 Å². The maximum absolute atomic E-state index is 13.2. The minimum Gasteiger partial charge on any atom is -0.496 e. The molecule has 0 aromatic heterocycles. The van der Waals surface area contributed by atoms with Gasteiger partial charge in [-0.1, -0.05) is 50.1 Å². The van der Waals surface area contributed by atoms with Crippen molar-refractivity contribution < 1.29 is 23.9 Å². The number of esters is 1. The fourth-order valence-corrected chi connectivity index (χ4v) is 7.14.